The number of aliphatic hydroxyl groups excluding tert-OH is 1. The summed E-state index contributed by atoms with van der Waals surface area (Å²) in [4.78, 5) is 11.6. The Morgan fingerprint density at radius 3 is 2.73 bits per heavy atom. The first kappa shape index (κ1) is 21.6. The third-order valence-electron chi connectivity index (χ3n) is 4.40. The summed E-state index contributed by atoms with van der Waals surface area (Å²) >= 11 is 6.61. The maximum Gasteiger partial charge on any atom is 0.141 e. The van der Waals surface area contributed by atoms with Crippen LogP contribution in [0.4, 0.5) is 11.6 Å². The minimum atomic E-state index is -0.281. The Hall–Kier alpha value is -3.10. The van der Waals surface area contributed by atoms with E-state index in [2.05, 4.69) is 32.2 Å². The molecule has 3 aromatic rings. The molecule has 2 aromatic heterocycles. The van der Waals surface area contributed by atoms with Gasteiger partial charge in [-0.2, -0.15) is 0 Å². The van der Waals surface area contributed by atoms with E-state index in [9.17, 15) is 0 Å². The van der Waals surface area contributed by atoms with E-state index in [-0.39, 0.29) is 23.7 Å². The molecule has 0 amide bonds. The van der Waals surface area contributed by atoms with Crippen LogP contribution in [0.5, 0.6) is 0 Å². The third kappa shape index (κ3) is 4.39. The Kier molecular flexibility index (Phi) is 6.00. The lowest BCUT2D eigenvalue weighted by atomic mass is 10.1. The molecule has 0 radical (unpaired) electrons. The van der Waals surface area contributed by atoms with E-state index in [1.54, 1.807) is 0 Å². The van der Waals surface area contributed by atoms with Crippen LogP contribution in [-0.4, -0.2) is 44.5 Å². The summed E-state index contributed by atoms with van der Waals surface area (Å²) < 4.78 is 0. The fourth-order valence-corrected chi connectivity index (χ4v) is 3.36. The van der Waals surface area contributed by atoms with E-state index in [0.29, 0.717) is 34.3 Å². The van der Waals surface area contributed by atoms with Crippen molar-refractivity contribution in [1.29, 1.82) is 5.41 Å². The number of hydrogen-bond donors (Lipinski definition) is 6. The molecule has 8 nitrogen and oxygen atoms in total. The zero-order chi connectivity index (χ0) is 22.1. The van der Waals surface area contributed by atoms with Gasteiger partial charge in [0.2, 0.25) is 0 Å². The predicted molar refractivity (Wildman–Crippen MR) is 123 cm³/mol. The minimum absolute atomic E-state index is 0.0163. The number of aromatic amines is 1. The molecule has 0 aliphatic rings. The average Bonchev–Trinajstić information content (AvgIpc) is 3.00. The SMILES string of the molecule is C=C(NCCO)c1ccc2c(Cl)c(C(=N)c3c(N)ncnc3NC(C)(C)C)[nH]c2c1. The Balaban J connectivity index is 2.04. The van der Waals surface area contributed by atoms with Crippen LogP contribution in [0, 0.1) is 5.41 Å². The number of nitrogens with one attached hydrogen (secondary N) is 4. The van der Waals surface area contributed by atoms with Crippen LogP contribution >= 0.6 is 11.6 Å². The van der Waals surface area contributed by atoms with E-state index in [4.69, 9.17) is 27.9 Å². The van der Waals surface area contributed by atoms with Crippen LogP contribution in [0.2, 0.25) is 5.02 Å². The van der Waals surface area contributed by atoms with Gasteiger partial charge in [-0.15, -0.1) is 0 Å². The first-order valence-corrected chi connectivity index (χ1v) is 9.83. The van der Waals surface area contributed by atoms with Crippen molar-refractivity contribution in [2.45, 2.75) is 26.3 Å². The quantitative estimate of drug-likeness (QED) is 0.320. The lowest BCUT2D eigenvalue weighted by Gasteiger charge is -2.23. The smallest absolute Gasteiger partial charge is 0.141 e. The molecule has 7 N–H and O–H groups in total. The summed E-state index contributed by atoms with van der Waals surface area (Å²) in [7, 11) is 0. The lowest BCUT2D eigenvalue weighted by Crippen LogP contribution is -2.28. The van der Waals surface area contributed by atoms with Crippen LogP contribution < -0.4 is 16.4 Å². The van der Waals surface area contributed by atoms with Crippen molar-refractivity contribution in [3.8, 4) is 0 Å². The molecular weight excluding hydrogens is 402 g/mol. The molecular formula is C21H26ClN7O. The van der Waals surface area contributed by atoms with Gasteiger partial charge in [0, 0.05) is 28.7 Å². The highest BCUT2D eigenvalue weighted by molar-refractivity contribution is 6.40. The lowest BCUT2D eigenvalue weighted by molar-refractivity contribution is 0.299. The number of fused-ring (bicyclic) bond motifs is 1. The van der Waals surface area contributed by atoms with E-state index < -0.39 is 0 Å². The average molecular weight is 428 g/mol. The van der Waals surface area contributed by atoms with Gasteiger partial charge in [0.25, 0.3) is 0 Å². The number of halogens is 1. The van der Waals surface area contributed by atoms with Gasteiger partial charge in [0.1, 0.15) is 18.0 Å². The van der Waals surface area contributed by atoms with Gasteiger partial charge in [0.05, 0.1) is 28.6 Å². The number of nitrogen functional groups attached to an aromatic ring is 1. The molecule has 9 heteroatoms. The standard InChI is InChI=1S/C21H26ClN7O/c1-11(25-7-8-30)12-5-6-13-14(9-12)28-18(16(13)22)17(23)15-19(24)26-10-27-20(15)29-21(2,3)4/h5-6,9-10,23,25,28,30H,1,7-8H2,2-4H3,(H3,24,26,27,29). The van der Waals surface area contributed by atoms with Crippen LogP contribution in [0.15, 0.2) is 31.1 Å². The second-order valence-electron chi connectivity index (χ2n) is 7.94. The van der Waals surface area contributed by atoms with Gasteiger partial charge >= 0.3 is 0 Å². The maximum atomic E-state index is 8.98. The highest BCUT2D eigenvalue weighted by atomic mass is 35.5. The molecule has 0 unspecified atom stereocenters. The van der Waals surface area contributed by atoms with Crippen molar-refractivity contribution in [2.24, 2.45) is 0 Å². The van der Waals surface area contributed by atoms with Crippen molar-refractivity contribution in [1.82, 2.24) is 20.3 Å². The molecule has 0 spiro atoms. The molecule has 30 heavy (non-hydrogen) atoms. The molecule has 2 heterocycles. The van der Waals surface area contributed by atoms with E-state index in [0.717, 1.165) is 16.5 Å². The summed E-state index contributed by atoms with van der Waals surface area (Å²) in [6.07, 6.45) is 1.37. The molecule has 3 rings (SSSR count). The van der Waals surface area contributed by atoms with Crippen LogP contribution in [-0.2, 0) is 0 Å². The minimum Gasteiger partial charge on any atom is -0.395 e. The Morgan fingerprint density at radius 2 is 2.07 bits per heavy atom. The number of rotatable bonds is 7. The normalized spacial score (nSPS) is 11.5. The number of anilines is 2. The fourth-order valence-electron chi connectivity index (χ4n) is 3.05. The van der Waals surface area contributed by atoms with Crippen LogP contribution in [0.1, 0.15) is 37.6 Å². The van der Waals surface area contributed by atoms with Crippen LogP contribution in [0.25, 0.3) is 16.6 Å². The largest absolute Gasteiger partial charge is 0.395 e. The first-order chi connectivity index (χ1) is 14.1. The summed E-state index contributed by atoms with van der Waals surface area (Å²) in [6.45, 7) is 10.4. The van der Waals surface area contributed by atoms with E-state index >= 15 is 0 Å². The third-order valence-corrected chi connectivity index (χ3v) is 4.80. The van der Waals surface area contributed by atoms with Gasteiger partial charge in [0.15, 0.2) is 0 Å². The number of benzene rings is 1. The molecule has 0 aliphatic carbocycles. The molecule has 0 fully saturated rings. The highest BCUT2D eigenvalue weighted by Gasteiger charge is 2.23. The van der Waals surface area contributed by atoms with Gasteiger partial charge in [-0.3, -0.25) is 5.41 Å². The number of nitrogens with two attached hydrogens (primary N) is 1. The number of hydrogen-bond acceptors (Lipinski definition) is 7. The Bertz CT molecular complexity index is 1110. The fraction of sp³-hybridized carbons (Fsp3) is 0.286. The summed E-state index contributed by atoms with van der Waals surface area (Å²) in [6, 6.07) is 5.64. The Morgan fingerprint density at radius 1 is 1.33 bits per heavy atom. The monoisotopic (exact) mass is 427 g/mol. The number of aliphatic hydroxyl groups is 1. The van der Waals surface area contributed by atoms with E-state index in [1.165, 1.54) is 6.33 Å². The zero-order valence-corrected chi connectivity index (χ0v) is 18.0. The maximum absolute atomic E-state index is 8.98. The van der Waals surface area contributed by atoms with Gasteiger partial charge in [-0.1, -0.05) is 30.3 Å². The van der Waals surface area contributed by atoms with Crippen molar-refractivity contribution >= 4 is 45.5 Å². The summed E-state index contributed by atoms with van der Waals surface area (Å²) in [5.41, 5.74) is 9.02. The highest BCUT2D eigenvalue weighted by Crippen LogP contribution is 2.33. The Labute approximate surface area is 180 Å². The molecule has 1 aromatic carbocycles. The number of H-pyrrole nitrogens is 1. The molecule has 0 atom stereocenters. The number of nitrogens with zero attached hydrogens (tertiary/aromatic N) is 2. The first-order valence-electron chi connectivity index (χ1n) is 9.45. The molecule has 158 valence electrons. The predicted octanol–water partition coefficient (Wildman–Crippen LogP) is 3.37. The van der Waals surface area contributed by atoms with Gasteiger partial charge in [-0.05, 0) is 32.4 Å². The summed E-state index contributed by atoms with van der Waals surface area (Å²) in [5, 5.41) is 25.3. The molecule has 0 saturated carbocycles. The second-order valence-corrected chi connectivity index (χ2v) is 8.31. The molecule has 0 bridgehead atoms. The zero-order valence-electron chi connectivity index (χ0n) is 17.2. The molecule has 0 aliphatic heterocycles. The van der Waals surface area contributed by atoms with Crippen molar-refractivity contribution < 1.29 is 5.11 Å². The van der Waals surface area contributed by atoms with Crippen molar-refractivity contribution in [3.05, 3.63) is 52.9 Å². The topological polar surface area (TPSA) is 136 Å². The van der Waals surface area contributed by atoms with Crippen molar-refractivity contribution in [3.63, 3.8) is 0 Å². The van der Waals surface area contributed by atoms with E-state index in [1.807, 2.05) is 39.0 Å². The second kappa shape index (κ2) is 8.33. The van der Waals surface area contributed by atoms with Crippen LogP contribution in [0.3, 0.4) is 0 Å². The number of aromatic nitrogens is 3. The molecule has 0 saturated heterocycles. The van der Waals surface area contributed by atoms with Crippen molar-refractivity contribution in [2.75, 3.05) is 24.2 Å². The van der Waals surface area contributed by atoms with Gasteiger partial charge in [-0.25, -0.2) is 9.97 Å². The summed E-state index contributed by atoms with van der Waals surface area (Å²) in [5.74, 6) is 0.663. The van der Waals surface area contributed by atoms with Gasteiger partial charge < -0.3 is 26.5 Å².